The molecule has 0 nitrogen and oxygen atoms in total. The summed E-state index contributed by atoms with van der Waals surface area (Å²) in [6.07, 6.45) is 14.2. The second-order valence-corrected chi connectivity index (χ2v) is 5.36. The molecule has 96 valence electrons. The quantitative estimate of drug-likeness (QED) is 0.293. The zero-order valence-corrected chi connectivity index (χ0v) is 11.9. The Labute approximate surface area is 104 Å². The van der Waals surface area contributed by atoms with E-state index in [9.17, 15) is 0 Å². The smallest absolute Gasteiger partial charge is 0.0237 e. The van der Waals surface area contributed by atoms with E-state index in [1.165, 1.54) is 69.8 Å². The van der Waals surface area contributed by atoms with Gasteiger partial charge in [0.15, 0.2) is 0 Å². The van der Waals surface area contributed by atoms with Crippen molar-refractivity contribution < 1.29 is 0 Å². The highest BCUT2D eigenvalue weighted by Crippen LogP contribution is 2.17. The van der Waals surface area contributed by atoms with E-state index in [1.807, 2.05) is 0 Å². The Kier molecular flexibility index (Phi) is 11.0. The molecular formula is C16H32. The van der Waals surface area contributed by atoms with Crippen molar-refractivity contribution in [3.05, 3.63) is 12.2 Å². The van der Waals surface area contributed by atoms with Crippen LogP contribution in [0.1, 0.15) is 85.0 Å². The van der Waals surface area contributed by atoms with Crippen LogP contribution >= 0.6 is 0 Å². The molecule has 1 unspecified atom stereocenters. The zero-order chi connectivity index (χ0) is 12.2. The average molecular weight is 224 g/mol. The van der Waals surface area contributed by atoms with Crippen LogP contribution in [-0.2, 0) is 0 Å². The van der Waals surface area contributed by atoms with Gasteiger partial charge >= 0.3 is 0 Å². The van der Waals surface area contributed by atoms with E-state index >= 15 is 0 Å². The molecule has 1 atom stereocenters. The fourth-order valence-electron chi connectivity index (χ4n) is 2.01. The summed E-state index contributed by atoms with van der Waals surface area (Å²) < 4.78 is 0. The van der Waals surface area contributed by atoms with Crippen molar-refractivity contribution in [1.82, 2.24) is 0 Å². The summed E-state index contributed by atoms with van der Waals surface area (Å²) in [5, 5.41) is 0. The third-order valence-corrected chi connectivity index (χ3v) is 3.58. The molecule has 0 aromatic heterocycles. The second kappa shape index (κ2) is 11.2. The minimum absolute atomic E-state index is 0.726. The van der Waals surface area contributed by atoms with Gasteiger partial charge in [0, 0.05) is 0 Å². The van der Waals surface area contributed by atoms with Gasteiger partial charge in [-0.15, -0.1) is 0 Å². The average Bonchev–Trinajstić information content (AvgIpc) is 2.26. The minimum Gasteiger partial charge on any atom is -0.0999 e. The third kappa shape index (κ3) is 10.3. The van der Waals surface area contributed by atoms with Crippen LogP contribution in [-0.4, -0.2) is 0 Å². The van der Waals surface area contributed by atoms with Crippen LogP contribution in [0.15, 0.2) is 12.2 Å². The summed E-state index contributed by atoms with van der Waals surface area (Å²) in [4.78, 5) is 0. The minimum atomic E-state index is 0.726. The molecule has 0 radical (unpaired) electrons. The summed E-state index contributed by atoms with van der Waals surface area (Å²) in [6.45, 7) is 10.7. The van der Waals surface area contributed by atoms with E-state index < -0.39 is 0 Å². The zero-order valence-electron chi connectivity index (χ0n) is 11.9. The predicted molar refractivity (Wildman–Crippen MR) is 75.8 cm³/mol. The van der Waals surface area contributed by atoms with Crippen LogP contribution in [0.3, 0.4) is 0 Å². The van der Waals surface area contributed by atoms with E-state index in [0.29, 0.717) is 0 Å². The first-order valence-corrected chi connectivity index (χ1v) is 7.33. The highest BCUT2D eigenvalue weighted by Gasteiger charge is 2.01. The summed E-state index contributed by atoms with van der Waals surface area (Å²) in [5.41, 5.74) is 1.35. The van der Waals surface area contributed by atoms with Crippen molar-refractivity contribution >= 4 is 0 Å². The third-order valence-electron chi connectivity index (χ3n) is 3.58. The fraction of sp³-hybridized carbons (Fsp3) is 0.875. The molecule has 0 heterocycles. The first-order valence-electron chi connectivity index (χ1n) is 7.33. The van der Waals surface area contributed by atoms with E-state index in [0.717, 1.165) is 5.92 Å². The highest BCUT2D eigenvalue weighted by atomic mass is 14.1. The molecule has 0 saturated heterocycles. The summed E-state index contributed by atoms with van der Waals surface area (Å²) >= 11 is 0. The monoisotopic (exact) mass is 224 g/mol. The molecule has 0 aliphatic carbocycles. The molecule has 0 aliphatic rings. The molecule has 0 aliphatic heterocycles. The molecule has 0 aromatic rings. The van der Waals surface area contributed by atoms with Crippen molar-refractivity contribution in [2.24, 2.45) is 5.92 Å². The maximum absolute atomic E-state index is 4.01. The topological polar surface area (TPSA) is 0 Å². The number of hydrogen-bond acceptors (Lipinski definition) is 0. The Bertz CT molecular complexity index is 157. The highest BCUT2D eigenvalue weighted by molar-refractivity contribution is 4.93. The van der Waals surface area contributed by atoms with Gasteiger partial charge in [-0.3, -0.25) is 0 Å². The van der Waals surface area contributed by atoms with Crippen LogP contribution in [0.5, 0.6) is 0 Å². The van der Waals surface area contributed by atoms with Gasteiger partial charge in [-0.2, -0.15) is 0 Å². The molecule has 0 aromatic carbocycles. The van der Waals surface area contributed by atoms with E-state index in [-0.39, 0.29) is 0 Å². The Morgan fingerprint density at radius 3 is 1.75 bits per heavy atom. The van der Waals surface area contributed by atoms with Crippen LogP contribution in [0.4, 0.5) is 0 Å². The van der Waals surface area contributed by atoms with Crippen LogP contribution < -0.4 is 0 Å². The molecule has 0 saturated carbocycles. The fourth-order valence-corrected chi connectivity index (χ4v) is 2.01. The van der Waals surface area contributed by atoms with Gasteiger partial charge < -0.3 is 0 Å². The lowest BCUT2D eigenvalue weighted by Crippen LogP contribution is -1.94. The largest absolute Gasteiger partial charge is 0.0999 e. The van der Waals surface area contributed by atoms with E-state index in [4.69, 9.17) is 0 Å². The molecule has 0 N–H and O–H groups in total. The lowest BCUT2D eigenvalue weighted by molar-refractivity contribution is 0.519. The Hall–Kier alpha value is -0.260. The van der Waals surface area contributed by atoms with Crippen molar-refractivity contribution in [1.29, 1.82) is 0 Å². The predicted octanol–water partition coefficient (Wildman–Crippen LogP) is 6.12. The van der Waals surface area contributed by atoms with Crippen molar-refractivity contribution in [2.45, 2.75) is 85.0 Å². The molecule has 0 fully saturated rings. The van der Waals surface area contributed by atoms with Gasteiger partial charge in [0.05, 0.1) is 0 Å². The van der Waals surface area contributed by atoms with Crippen molar-refractivity contribution in [3.63, 3.8) is 0 Å². The Morgan fingerprint density at radius 1 is 0.875 bits per heavy atom. The summed E-state index contributed by atoms with van der Waals surface area (Å²) in [5.74, 6) is 0.726. The Morgan fingerprint density at radius 2 is 1.31 bits per heavy atom. The second-order valence-electron chi connectivity index (χ2n) is 5.36. The first-order chi connectivity index (χ1) is 7.68. The summed E-state index contributed by atoms with van der Waals surface area (Å²) in [7, 11) is 0. The Balaban J connectivity index is 3.07. The van der Waals surface area contributed by atoms with Gasteiger partial charge in [-0.05, 0) is 19.3 Å². The molecule has 0 amide bonds. The first kappa shape index (κ1) is 15.7. The molecular weight excluding hydrogens is 192 g/mol. The van der Waals surface area contributed by atoms with E-state index in [1.54, 1.807) is 0 Å². The van der Waals surface area contributed by atoms with Gasteiger partial charge in [-0.1, -0.05) is 83.8 Å². The number of hydrogen-bond donors (Lipinski definition) is 0. The van der Waals surface area contributed by atoms with E-state index in [2.05, 4.69) is 27.4 Å². The van der Waals surface area contributed by atoms with Crippen LogP contribution in [0.25, 0.3) is 0 Å². The van der Waals surface area contributed by atoms with Crippen LogP contribution in [0.2, 0.25) is 0 Å². The van der Waals surface area contributed by atoms with Gasteiger partial charge in [-0.25, -0.2) is 0 Å². The normalized spacial score (nSPS) is 12.7. The van der Waals surface area contributed by atoms with Crippen molar-refractivity contribution in [2.75, 3.05) is 0 Å². The van der Waals surface area contributed by atoms with Crippen molar-refractivity contribution in [3.8, 4) is 0 Å². The molecule has 0 rings (SSSR count). The number of rotatable bonds is 11. The molecule has 0 bridgehead atoms. The maximum Gasteiger partial charge on any atom is -0.0237 e. The number of unbranched alkanes of at least 4 members (excludes halogenated alkanes) is 8. The maximum atomic E-state index is 4.01. The van der Waals surface area contributed by atoms with Gasteiger partial charge in [0.2, 0.25) is 0 Å². The molecule has 0 heteroatoms. The van der Waals surface area contributed by atoms with Crippen LogP contribution in [0, 0.1) is 5.92 Å². The summed E-state index contributed by atoms with van der Waals surface area (Å²) in [6, 6.07) is 0. The lowest BCUT2D eigenvalue weighted by Gasteiger charge is -2.10. The van der Waals surface area contributed by atoms with Gasteiger partial charge in [0.1, 0.15) is 0 Å². The van der Waals surface area contributed by atoms with Gasteiger partial charge in [0.25, 0.3) is 0 Å². The lowest BCUT2D eigenvalue weighted by atomic mass is 9.96. The number of allylic oxidation sites excluding steroid dienone is 1. The standard InChI is InChI=1S/C16H32/c1-5-6-7-8-9-10-11-12-13-14-16(4)15(2)3/h16H,2,5-14H2,1,3-4H3. The molecule has 16 heavy (non-hydrogen) atoms. The SMILES string of the molecule is C=C(C)C(C)CCCCCCCCCCC. The molecule has 0 spiro atoms.